The maximum Gasteiger partial charge on any atom is 0.350 e. The van der Waals surface area contributed by atoms with Gasteiger partial charge >= 0.3 is 5.97 Å². The molecular weight excluding hydrogens is 234 g/mol. The van der Waals surface area contributed by atoms with Crippen molar-refractivity contribution in [3.05, 3.63) is 38.1 Å². The Bertz CT molecular complexity index is 537. The molecule has 0 aromatic carbocycles. The van der Waals surface area contributed by atoms with Crippen LogP contribution in [0.15, 0.2) is 27.7 Å². The van der Waals surface area contributed by atoms with E-state index in [0.717, 1.165) is 0 Å². The third-order valence-electron chi connectivity index (χ3n) is 1.81. The van der Waals surface area contributed by atoms with Gasteiger partial charge in [-0.15, -0.1) is 11.3 Å². The highest BCUT2D eigenvalue weighted by Crippen LogP contribution is 2.22. The van der Waals surface area contributed by atoms with Crippen LogP contribution in [0.4, 0.5) is 0 Å². The van der Waals surface area contributed by atoms with Crippen LogP contribution in [0.3, 0.4) is 0 Å². The Labute approximate surface area is 93.5 Å². The van der Waals surface area contributed by atoms with E-state index in [1.807, 2.05) is 0 Å². The first kappa shape index (κ1) is 10.1. The summed E-state index contributed by atoms with van der Waals surface area (Å²) in [5.74, 6) is -0.416. The zero-order chi connectivity index (χ0) is 10.8. The molecule has 0 spiro atoms. The average molecular weight is 241 g/mol. The minimum atomic E-state index is -0.416. The Hall–Kier alpha value is -1.40. The Morgan fingerprint density at radius 3 is 2.80 bits per heavy atom. The highest BCUT2D eigenvalue weighted by atomic mass is 32.1. The van der Waals surface area contributed by atoms with Crippen molar-refractivity contribution < 1.29 is 9.53 Å². The van der Waals surface area contributed by atoms with Crippen LogP contribution in [0, 0.1) is 0 Å². The highest BCUT2D eigenvalue weighted by Gasteiger charge is 2.16. The van der Waals surface area contributed by atoms with Crippen molar-refractivity contribution in [3.63, 3.8) is 0 Å². The van der Waals surface area contributed by atoms with Gasteiger partial charge in [-0.25, -0.2) is 8.75 Å². The maximum atomic E-state index is 11.4. The number of esters is 1. The van der Waals surface area contributed by atoms with Crippen molar-refractivity contribution in [1.29, 1.82) is 0 Å². The molecule has 0 aliphatic heterocycles. The molecule has 0 saturated carbocycles. The summed E-state index contributed by atoms with van der Waals surface area (Å²) in [5, 5.41) is 3.44. The molecule has 0 bridgehead atoms. The van der Waals surface area contributed by atoms with Crippen LogP contribution in [-0.4, -0.2) is 17.0 Å². The zero-order valence-electron chi connectivity index (χ0n) is 7.80. The van der Waals surface area contributed by atoms with E-state index in [4.69, 9.17) is 0 Å². The number of thiophene rings is 1. The molecular formula is C9H7NO3S2. The summed E-state index contributed by atoms with van der Waals surface area (Å²) in [6, 6.07) is 3.19. The van der Waals surface area contributed by atoms with Crippen molar-refractivity contribution in [1.82, 2.24) is 3.96 Å². The summed E-state index contributed by atoms with van der Waals surface area (Å²) in [6.45, 7) is 0. The Balaban J connectivity index is 2.55. The fourth-order valence-corrected chi connectivity index (χ4v) is 2.73. The van der Waals surface area contributed by atoms with Gasteiger partial charge in [-0.1, -0.05) is 11.5 Å². The third-order valence-corrected chi connectivity index (χ3v) is 3.54. The first-order valence-electron chi connectivity index (χ1n) is 4.07. The van der Waals surface area contributed by atoms with Gasteiger partial charge in [0, 0.05) is 11.4 Å². The van der Waals surface area contributed by atoms with Gasteiger partial charge in [-0.3, -0.25) is 4.79 Å². The van der Waals surface area contributed by atoms with Gasteiger partial charge in [0.15, 0.2) is 0 Å². The second-order valence-electron chi connectivity index (χ2n) is 2.67. The van der Waals surface area contributed by atoms with E-state index in [1.54, 1.807) is 16.8 Å². The van der Waals surface area contributed by atoms with E-state index in [-0.39, 0.29) is 5.56 Å². The lowest BCUT2D eigenvalue weighted by atomic mass is 10.4. The molecule has 0 radical (unpaired) electrons. The molecule has 0 N–H and O–H groups in total. The minimum absolute atomic E-state index is 0.136. The Morgan fingerprint density at radius 1 is 1.40 bits per heavy atom. The van der Waals surface area contributed by atoms with Crippen molar-refractivity contribution in [3.8, 4) is 5.69 Å². The minimum Gasteiger partial charge on any atom is -0.465 e. The summed E-state index contributed by atoms with van der Waals surface area (Å²) in [7, 11) is 1.32. The van der Waals surface area contributed by atoms with Gasteiger partial charge in [0.1, 0.15) is 4.88 Å². The molecule has 2 rings (SSSR count). The highest BCUT2D eigenvalue weighted by molar-refractivity contribution is 7.12. The van der Waals surface area contributed by atoms with Gasteiger partial charge in [-0.2, -0.15) is 0 Å². The van der Waals surface area contributed by atoms with Crippen LogP contribution in [-0.2, 0) is 4.74 Å². The molecule has 2 aromatic rings. The number of hydrogen-bond donors (Lipinski definition) is 0. The predicted molar refractivity (Wildman–Crippen MR) is 59.1 cm³/mol. The fourth-order valence-electron chi connectivity index (χ4n) is 1.15. The van der Waals surface area contributed by atoms with Gasteiger partial charge in [-0.05, 0) is 11.4 Å². The van der Waals surface area contributed by atoms with Gasteiger partial charge in [0.05, 0.1) is 12.8 Å². The predicted octanol–water partition coefficient (Wildman–Crippen LogP) is 1.75. The SMILES string of the molecule is COC(=O)c1sccc1-n1sccc1=O. The Kier molecular flexibility index (Phi) is 2.70. The van der Waals surface area contributed by atoms with Gasteiger partial charge in [0.2, 0.25) is 0 Å². The average Bonchev–Trinajstić information content (AvgIpc) is 2.84. The van der Waals surface area contributed by atoms with Crippen LogP contribution in [0.2, 0.25) is 0 Å². The van der Waals surface area contributed by atoms with E-state index in [1.165, 1.54) is 40.0 Å². The first-order chi connectivity index (χ1) is 7.24. The van der Waals surface area contributed by atoms with Crippen LogP contribution < -0.4 is 5.56 Å². The molecule has 15 heavy (non-hydrogen) atoms. The maximum absolute atomic E-state index is 11.4. The van der Waals surface area contributed by atoms with Crippen LogP contribution in [0.5, 0.6) is 0 Å². The van der Waals surface area contributed by atoms with Crippen LogP contribution >= 0.6 is 22.9 Å². The smallest absolute Gasteiger partial charge is 0.350 e. The summed E-state index contributed by atoms with van der Waals surface area (Å²) >= 11 is 2.51. The standard InChI is InChI=1S/C9H7NO3S2/c1-13-9(12)8-6(2-4-14-8)10-7(11)3-5-15-10/h2-5H,1H3. The van der Waals surface area contributed by atoms with Gasteiger partial charge in [0.25, 0.3) is 5.56 Å². The fraction of sp³-hybridized carbons (Fsp3) is 0.111. The molecule has 2 aromatic heterocycles. The summed E-state index contributed by atoms with van der Waals surface area (Å²) in [4.78, 5) is 23.2. The monoisotopic (exact) mass is 241 g/mol. The molecule has 0 saturated heterocycles. The van der Waals surface area contributed by atoms with E-state index < -0.39 is 5.97 Å². The second kappa shape index (κ2) is 4.00. The van der Waals surface area contributed by atoms with E-state index >= 15 is 0 Å². The largest absolute Gasteiger partial charge is 0.465 e. The number of rotatable bonds is 2. The number of hydrogen-bond acceptors (Lipinski definition) is 5. The summed E-state index contributed by atoms with van der Waals surface area (Å²) in [5.41, 5.74) is 0.454. The van der Waals surface area contributed by atoms with Gasteiger partial charge < -0.3 is 4.74 Å². The van der Waals surface area contributed by atoms with Crippen molar-refractivity contribution in [2.24, 2.45) is 0 Å². The van der Waals surface area contributed by atoms with E-state index in [9.17, 15) is 9.59 Å². The lowest BCUT2D eigenvalue weighted by molar-refractivity contribution is 0.0606. The number of methoxy groups -OCH3 is 1. The number of nitrogens with zero attached hydrogens (tertiary/aromatic N) is 1. The van der Waals surface area contributed by atoms with Crippen molar-refractivity contribution >= 4 is 28.8 Å². The van der Waals surface area contributed by atoms with Crippen molar-refractivity contribution in [2.75, 3.05) is 7.11 Å². The molecule has 2 heterocycles. The summed E-state index contributed by atoms with van der Waals surface area (Å²) < 4.78 is 6.09. The zero-order valence-corrected chi connectivity index (χ0v) is 9.43. The molecule has 0 fully saturated rings. The quantitative estimate of drug-likeness (QED) is 0.752. The topological polar surface area (TPSA) is 48.3 Å². The van der Waals surface area contributed by atoms with Crippen molar-refractivity contribution in [2.45, 2.75) is 0 Å². The molecule has 78 valence electrons. The molecule has 0 amide bonds. The number of carbonyl (C=O) groups excluding carboxylic acids is 1. The number of ether oxygens (including phenoxy) is 1. The summed E-state index contributed by atoms with van der Waals surface area (Å²) in [6.07, 6.45) is 0. The van der Waals surface area contributed by atoms with E-state index in [0.29, 0.717) is 10.6 Å². The molecule has 0 aliphatic carbocycles. The molecule has 0 unspecified atom stereocenters. The normalized spacial score (nSPS) is 10.2. The van der Waals surface area contributed by atoms with Crippen LogP contribution in [0.25, 0.3) is 5.69 Å². The number of carbonyl (C=O) groups is 1. The number of aromatic nitrogens is 1. The van der Waals surface area contributed by atoms with E-state index in [2.05, 4.69) is 4.74 Å². The second-order valence-corrected chi connectivity index (χ2v) is 4.43. The molecule has 6 heteroatoms. The molecule has 0 atom stereocenters. The Morgan fingerprint density at radius 2 is 2.20 bits per heavy atom. The molecule has 0 aliphatic rings. The van der Waals surface area contributed by atoms with Crippen LogP contribution in [0.1, 0.15) is 9.67 Å². The lowest BCUT2D eigenvalue weighted by Gasteiger charge is -2.00. The lowest BCUT2D eigenvalue weighted by Crippen LogP contribution is -2.12. The molecule has 4 nitrogen and oxygen atoms in total. The first-order valence-corrected chi connectivity index (χ1v) is 5.79. The third kappa shape index (κ3) is 1.73.